The number of benzene rings is 1. The predicted octanol–water partition coefficient (Wildman–Crippen LogP) is 3.42. The van der Waals surface area contributed by atoms with Crippen LogP contribution in [0.5, 0.6) is 0 Å². The molecule has 0 spiro atoms. The van der Waals surface area contributed by atoms with Crippen molar-refractivity contribution in [3.05, 3.63) is 66.4 Å². The number of rotatable bonds is 6. The first-order chi connectivity index (χ1) is 11.7. The summed E-state index contributed by atoms with van der Waals surface area (Å²) in [6.45, 7) is 3.13. The van der Waals surface area contributed by atoms with Crippen LogP contribution in [0.1, 0.15) is 22.8 Å². The average Bonchev–Trinajstić information content (AvgIpc) is 3.24. The van der Waals surface area contributed by atoms with Gasteiger partial charge in [-0.25, -0.2) is 0 Å². The largest absolute Gasteiger partial charge is 0.472 e. The van der Waals surface area contributed by atoms with Crippen LogP contribution in [0.15, 0.2) is 59.7 Å². The first kappa shape index (κ1) is 15.9. The third-order valence-electron chi connectivity index (χ3n) is 3.73. The van der Waals surface area contributed by atoms with Gasteiger partial charge in [-0.2, -0.15) is 5.10 Å². The van der Waals surface area contributed by atoms with E-state index in [0.717, 1.165) is 16.9 Å². The molecule has 0 unspecified atom stereocenters. The van der Waals surface area contributed by atoms with E-state index in [9.17, 15) is 4.79 Å². The molecule has 0 fully saturated rings. The molecule has 2 aromatic heterocycles. The van der Waals surface area contributed by atoms with E-state index >= 15 is 0 Å². The van der Waals surface area contributed by atoms with Crippen molar-refractivity contribution in [2.75, 3.05) is 11.9 Å². The lowest BCUT2D eigenvalue weighted by Crippen LogP contribution is -2.30. The van der Waals surface area contributed by atoms with Gasteiger partial charge in [-0.15, -0.1) is 0 Å². The van der Waals surface area contributed by atoms with Gasteiger partial charge in [-0.1, -0.05) is 6.07 Å². The van der Waals surface area contributed by atoms with E-state index in [-0.39, 0.29) is 5.91 Å². The van der Waals surface area contributed by atoms with E-state index in [1.165, 1.54) is 0 Å². The Labute approximate surface area is 140 Å². The summed E-state index contributed by atoms with van der Waals surface area (Å²) in [7, 11) is 1.86. The second kappa shape index (κ2) is 7.04. The number of amides is 1. The van der Waals surface area contributed by atoms with Gasteiger partial charge in [0.25, 0.3) is 5.91 Å². The third kappa shape index (κ3) is 3.65. The highest BCUT2D eigenvalue weighted by Crippen LogP contribution is 2.18. The summed E-state index contributed by atoms with van der Waals surface area (Å²) in [4.78, 5) is 14.5. The van der Waals surface area contributed by atoms with Crippen LogP contribution in [0.4, 0.5) is 11.4 Å². The van der Waals surface area contributed by atoms with Gasteiger partial charge in [0.1, 0.15) is 0 Å². The molecule has 0 radical (unpaired) electrons. The first-order valence-corrected chi connectivity index (χ1v) is 7.82. The van der Waals surface area contributed by atoms with Gasteiger partial charge in [0, 0.05) is 43.1 Å². The number of anilines is 2. The van der Waals surface area contributed by atoms with E-state index in [0.29, 0.717) is 18.7 Å². The lowest BCUT2D eigenvalue weighted by atomic mass is 10.1. The van der Waals surface area contributed by atoms with Gasteiger partial charge in [-0.3, -0.25) is 9.48 Å². The van der Waals surface area contributed by atoms with Crippen LogP contribution in [-0.4, -0.2) is 27.1 Å². The van der Waals surface area contributed by atoms with E-state index in [1.54, 1.807) is 28.3 Å². The maximum atomic E-state index is 12.8. The van der Waals surface area contributed by atoms with Crippen LogP contribution in [0.25, 0.3) is 0 Å². The molecule has 6 nitrogen and oxygen atoms in total. The normalized spacial score (nSPS) is 10.6. The zero-order valence-corrected chi connectivity index (χ0v) is 13.8. The van der Waals surface area contributed by atoms with Crippen molar-refractivity contribution >= 4 is 17.3 Å². The summed E-state index contributed by atoms with van der Waals surface area (Å²) >= 11 is 0. The van der Waals surface area contributed by atoms with Crippen LogP contribution in [0, 0.1) is 0 Å². The van der Waals surface area contributed by atoms with Gasteiger partial charge in [-0.05, 0) is 31.2 Å². The molecule has 0 atom stereocenters. The zero-order valence-electron chi connectivity index (χ0n) is 13.8. The second-order valence-electron chi connectivity index (χ2n) is 5.56. The van der Waals surface area contributed by atoms with Crippen molar-refractivity contribution in [2.24, 2.45) is 7.05 Å². The van der Waals surface area contributed by atoms with Crippen LogP contribution >= 0.6 is 0 Å². The molecule has 3 rings (SSSR count). The molecule has 0 saturated heterocycles. The highest BCUT2D eigenvalue weighted by atomic mass is 16.3. The van der Waals surface area contributed by atoms with E-state index < -0.39 is 0 Å². The number of aryl methyl sites for hydroxylation is 1. The number of hydrogen-bond donors (Lipinski definition) is 1. The van der Waals surface area contributed by atoms with Gasteiger partial charge in [0.15, 0.2) is 0 Å². The maximum Gasteiger partial charge on any atom is 0.254 e. The lowest BCUT2D eigenvalue weighted by molar-refractivity contribution is 0.0752. The van der Waals surface area contributed by atoms with Crippen molar-refractivity contribution < 1.29 is 9.21 Å². The quantitative estimate of drug-likeness (QED) is 0.754. The average molecular weight is 324 g/mol. The third-order valence-corrected chi connectivity index (χ3v) is 3.73. The molecule has 24 heavy (non-hydrogen) atoms. The molecule has 0 bridgehead atoms. The zero-order chi connectivity index (χ0) is 16.9. The van der Waals surface area contributed by atoms with Crippen molar-refractivity contribution in [2.45, 2.75) is 13.5 Å². The van der Waals surface area contributed by atoms with Crippen molar-refractivity contribution in [3.8, 4) is 0 Å². The fourth-order valence-corrected chi connectivity index (χ4v) is 2.50. The molecule has 0 aliphatic heterocycles. The molecule has 1 N–H and O–H groups in total. The van der Waals surface area contributed by atoms with Gasteiger partial charge in [0.2, 0.25) is 0 Å². The second-order valence-corrected chi connectivity index (χ2v) is 5.56. The number of hydrogen-bond acceptors (Lipinski definition) is 4. The Bertz CT molecular complexity index is 808. The van der Waals surface area contributed by atoms with E-state index in [2.05, 4.69) is 10.4 Å². The fraction of sp³-hybridized carbons (Fsp3) is 0.222. The molecule has 0 aliphatic rings. The van der Waals surface area contributed by atoms with Gasteiger partial charge >= 0.3 is 0 Å². The number of carbonyl (C=O) groups is 1. The SMILES string of the molecule is CCN(Cc1ccoc1)C(=O)c1cccc(Nc2cnn(C)c2)c1. The number of nitrogens with one attached hydrogen (secondary N) is 1. The maximum absolute atomic E-state index is 12.8. The van der Waals surface area contributed by atoms with Crippen LogP contribution in [0.3, 0.4) is 0 Å². The van der Waals surface area contributed by atoms with E-state index in [4.69, 9.17) is 4.42 Å². The summed E-state index contributed by atoms with van der Waals surface area (Å²) in [6, 6.07) is 9.35. The molecule has 6 heteroatoms. The fourth-order valence-electron chi connectivity index (χ4n) is 2.50. The smallest absolute Gasteiger partial charge is 0.254 e. The van der Waals surface area contributed by atoms with Crippen LogP contribution in [-0.2, 0) is 13.6 Å². The molecule has 3 aromatic rings. The first-order valence-electron chi connectivity index (χ1n) is 7.82. The predicted molar refractivity (Wildman–Crippen MR) is 92.1 cm³/mol. The van der Waals surface area contributed by atoms with Crippen LogP contribution in [0.2, 0.25) is 0 Å². The molecule has 1 aromatic carbocycles. The standard InChI is InChI=1S/C18H20N4O2/c1-3-22(11-14-7-8-24-13-14)18(23)15-5-4-6-16(9-15)20-17-10-19-21(2)12-17/h4-10,12-13,20H,3,11H2,1-2H3. The van der Waals surface area contributed by atoms with Gasteiger partial charge < -0.3 is 14.6 Å². The van der Waals surface area contributed by atoms with Gasteiger partial charge in [0.05, 0.1) is 24.4 Å². The molecule has 0 aliphatic carbocycles. The molecule has 2 heterocycles. The summed E-state index contributed by atoms with van der Waals surface area (Å²) in [5.41, 5.74) is 3.37. The Morgan fingerprint density at radius 1 is 1.33 bits per heavy atom. The minimum absolute atomic E-state index is 0.00598. The van der Waals surface area contributed by atoms with Crippen LogP contribution < -0.4 is 5.32 Å². The highest BCUT2D eigenvalue weighted by Gasteiger charge is 2.15. The summed E-state index contributed by atoms with van der Waals surface area (Å²) in [6.07, 6.45) is 6.90. The minimum atomic E-state index is -0.00598. The summed E-state index contributed by atoms with van der Waals surface area (Å²) < 4.78 is 6.80. The molecular weight excluding hydrogens is 304 g/mol. The van der Waals surface area contributed by atoms with E-state index in [1.807, 2.05) is 50.5 Å². The summed E-state index contributed by atoms with van der Waals surface area (Å²) in [5.74, 6) is -0.00598. The van der Waals surface area contributed by atoms with Crippen molar-refractivity contribution in [1.82, 2.24) is 14.7 Å². The minimum Gasteiger partial charge on any atom is -0.472 e. The molecule has 0 saturated carbocycles. The highest BCUT2D eigenvalue weighted by molar-refractivity contribution is 5.95. The number of nitrogens with zero attached hydrogens (tertiary/aromatic N) is 3. The Morgan fingerprint density at radius 3 is 2.88 bits per heavy atom. The Balaban J connectivity index is 1.75. The Hall–Kier alpha value is -3.02. The van der Waals surface area contributed by atoms with Crippen molar-refractivity contribution in [3.63, 3.8) is 0 Å². The molecular formula is C18H20N4O2. The Morgan fingerprint density at radius 2 is 2.21 bits per heavy atom. The number of carbonyl (C=O) groups excluding carboxylic acids is 1. The Kier molecular flexibility index (Phi) is 4.65. The monoisotopic (exact) mass is 324 g/mol. The van der Waals surface area contributed by atoms with Crippen molar-refractivity contribution in [1.29, 1.82) is 0 Å². The molecule has 1 amide bonds. The molecule has 124 valence electrons. The number of furan rings is 1. The number of aromatic nitrogens is 2. The topological polar surface area (TPSA) is 63.3 Å². The lowest BCUT2D eigenvalue weighted by Gasteiger charge is -2.20. The summed E-state index contributed by atoms with van der Waals surface area (Å²) in [5, 5.41) is 7.38.